The molecule has 4 amide bonds. The molecule has 232 valence electrons. The first-order valence-corrected chi connectivity index (χ1v) is 14.7. The van der Waals surface area contributed by atoms with Crippen molar-refractivity contribution in [2.75, 3.05) is 59.7 Å². The number of aliphatic carboxylic acids is 1. The second-order valence-corrected chi connectivity index (χ2v) is 11.2. The van der Waals surface area contributed by atoms with E-state index in [2.05, 4.69) is 6.92 Å². The number of carbonyl (C=O) groups is 4. The van der Waals surface area contributed by atoms with Crippen molar-refractivity contribution in [1.29, 1.82) is 0 Å². The van der Waals surface area contributed by atoms with Gasteiger partial charge in [-0.25, -0.2) is 4.79 Å². The predicted octanol–water partition coefficient (Wildman–Crippen LogP) is 1.03. The van der Waals surface area contributed by atoms with Gasteiger partial charge in [-0.1, -0.05) is 13.3 Å². The van der Waals surface area contributed by atoms with Crippen molar-refractivity contribution in [2.24, 2.45) is 11.7 Å². The van der Waals surface area contributed by atoms with Crippen LogP contribution in [0, 0.1) is 5.92 Å². The van der Waals surface area contributed by atoms with E-state index in [0.717, 1.165) is 17.7 Å². The van der Waals surface area contributed by atoms with E-state index >= 15 is 0 Å². The summed E-state index contributed by atoms with van der Waals surface area (Å²) >= 11 is 0. The van der Waals surface area contributed by atoms with Crippen LogP contribution in [0.4, 0.5) is 4.79 Å². The van der Waals surface area contributed by atoms with Gasteiger partial charge in [0.2, 0.25) is 18.6 Å². The van der Waals surface area contributed by atoms with Crippen molar-refractivity contribution < 1.29 is 38.9 Å². The van der Waals surface area contributed by atoms with Crippen molar-refractivity contribution in [3.63, 3.8) is 0 Å². The number of hydrogen-bond donors (Lipinski definition) is 3. The Kier molecular flexibility index (Phi) is 10.6. The van der Waals surface area contributed by atoms with Gasteiger partial charge < -0.3 is 35.2 Å². The number of unbranched alkanes of at least 4 members (excludes halogenated alkanes) is 1. The highest BCUT2D eigenvalue weighted by Gasteiger charge is 2.48. The van der Waals surface area contributed by atoms with Crippen LogP contribution in [0.3, 0.4) is 0 Å². The van der Waals surface area contributed by atoms with Crippen molar-refractivity contribution in [3.05, 3.63) is 23.3 Å². The van der Waals surface area contributed by atoms with Crippen LogP contribution in [-0.4, -0.2) is 119 Å². The molecule has 0 saturated carbocycles. The summed E-state index contributed by atoms with van der Waals surface area (Å²) in [7, 11) is 1.44. The second-order valence-electron chi connectivity index (χ2n) is 11.2. The third-order valence-electron chi connectivity index (χ3n) is 8.53. The van der Waals surface area contributed by atoms with Crippen LogP contribution >= 0.6 is 0 Å². The van der Waals surface area contributed by atoms with E-state index in [-0.39, 0.29) is 51.3 Å². The number of hydrogen-bond acceptors (Lipinski definition) is 9. The number of aliphatic hydroxyl groups excluding tert-OH is 1. The fraction of sp³-hybridized carbons (Fsp3) is 0.655. The monoisotopic (exact) mass is 589 g/mol. The largest absolute Gasteiger partial charge is 0.481 e. The molecule has 4 rings (SSSR count). The van der Waals surface area contributed by atoms with Crippen molar-refractivity contribution in [1.82, 2.24) is 19.6 Å². The fourth-order valence-corrected chi connectivity index (χ4v) is 6.20. The van der Waals surface area contributed by atoms with Crippen LogP contribution in [-0.2, 0) is 21.0 Å². The molecule has 3 atom stereocenters. The number of imide groups is 1. The highest BCUT2D eigenvalue weighted by atomic mass is 16.7. The van der Waals surface area contributed by atoms with Gasteiger partial charge in [0.25, 0.3) is 0 Å². The fourth-order valence-electron chi connectivity index (χ4n) is 6.20. The number of fused-ring (bicyclic) bond motifs is 1. The molecule has 2 saturated heterocycles. The van der Waals surface area contributed by atoms with Gasteiger partial charge in [-0.05, 0) is 43.5 Å². The van der Waals surface area contributed by atoms with Crippen LogP contribution < -0.4 is 15.2 Å². The lowest BCUT2D eigenvalue weighted by atomic mass is 9.83. The highest BCUT2D eigenvalue weighted by Crippen LogP contribution is 2.44. The first-order chi connectivity index (χ1) is 20.2. The maximum Gasteiger partial charge on any atom is 0.326 e. The topological polar surface area (TPSA) is 166 Å². The smallest absolute Gasteiger partial charge is 0.326 e. The molecule has 0 bridgehead atoms. The quantitative estimate of drug-likeness (QED) is 0.285. The van der Waals surface area contributed by atoms with Gasteiger partial charge in [-0.15, -0.1) is 0 Å². The Morgan fingerprint density at radius 3 is 2.62 bits per heavy atom. The Morgan fingerprint density at radius 2 is 1.93 bits per heavy atom. The minimum absolute atomic E-state index is 0.0132. The summed E-state index contributed by atoms with van der Waals surface area (Å²) in [6.07, 6.45) is 2.97. The summed E-state index contributed by atoms with van der Waals surface area (Å²) < 4.78 is 11.1. The Morgan fingerprint density at radius 1 is 1.17 bits per heavy atom. The summed E-state index contributed by atoms with van der Waals surface area (Å²) in [6.45, 7) is 4.21. The Labute approximate surface area is 246 Å². The lowest BCUT2D eigenvalue weighted by Crippen LogP contribution is -2.52. The first-order valence-electron chi connectivity index (χ1n) is 14.7. The van der Waals surface area contributed by atoms with Crippen molar-refractivity contribution in [2.45, 2.75) is 57.6 Å². The summed E-state index contributed by atoms with van der Waals surface area (Å²) in [6, 6.07) is 2.54. The maximum atomic E-state index is 13.6. The second kappa shape index (κ2) is 14.2. The molecule has 3 aliphatic rings. The molecule has 3 aliphatic heterocycles. The van der Waals surface area contributed by atoms with Crippen LogP contribution in [0.1, 0.15) is 56.1 Å². The summed E-state index contributed by atoms with van der Waals surface area (Å²) in [5.74, 6) is -1.85. The number of carbonyl (C=O) groups excluding carboxylic acids is 3. The van der Waals surface area contributed by atoms with Gasteiger partial charge in [-0.2, -0.15) is 0 Å². The number of aliphatic hydroxyl groups is 1. The zero-order valence-corrected chi connectivity index (χ0v) is 24.5. The number of nitrogens with two attached hydrogens (primary N) is 1. The molecule has 13 nitrogen and oxygen atoms in total. The number of carboxylic acid groups (broad SMARTS) is 1. The molecule has 2 fully saturated rings. The van der Waals surface area contributed by atoms with E-state index < -0.39 is 29.9 Å². The van der Waals surface area contributed by atoms with E-state index in [0.29, 0.717) is 61.6 Å². The van der Waals surface area contributed by atoms with Gasteiger partial charge >= 0.3 is 12.0 Å². The van der Waals surface area contributed by atoms with E-state index in [1.807, 2.05) is 4.90 Å². The molecule has 0 unspecified atom stereocenters. The molecule has 1 aromatic carbocycles. The Bertz CT molecular complexity index is 1160. The van der Waals surface area contributed by atoms with Gasteiger partial charge in [0.15, 0.2) is 11.5 Å². The third kappa shape index (κ3) is 6.79. The van der Waals surface area contributed by atoms with E-state index in [9.17, 15) is 29.4 Å². The van der Waals surface area contributed by atoms with E-state index in [4.69, 9.17) is 15.2 Å². The minimum Gasteiger partial charge on any atom is -0.481 e. The molecule has 0 aromatic heterocycles. The lowest BCUT2D eigenvalue weighted by molar-refractivity contribution is -0.144. The zero-order chi connectivity index (χ0) is 30.4. The number of rotatable bonds is 14. The minimum atomic E-state index is -1.01. The van der Waals surface area contributed by atoms with Gasteiger partial charge in [-0.3, -0.25) is 24.2 Å². The van der Waals surface area contributed by atoms with Crippen molar-refractivity contribution in [3.8, 4) is 11.5 Å². The average Bonchev–Trinajstić information content (AvgIpc) is 3.60. The zero-order valence-electron chi connectivity index (χ0n) is 24.5. The lowest BCUT2D eigenvalue weighted by Gasteiger charge is -2.34. The van der Waals surface area contributed by atoms with Crippen molar-refractivity contribution >= 4 is 23.8 Å². The average molecular weight is 590 g/mol. The van der Waals surface area contributed by atoms with Crippen LogP contribution in [0.25, 0.3) is 0 Å². The number of benzene rings is 1. The van der Waals surface area contributed by atoms with Gasteiger partial charge in [0.05, 0.1) is 19.1 Å². The highest BCUT2D eigenvalue weighted by molar-refractivity contribution is 5.96. The number of likely N-dealkylation sites (tertiary alicyclic amines) is 1. The number of carboxylic acids is 1. The Hall–Kier alpha value is -3.42. The molecule has 0 spiro atoms. The first kappa shape index (κ1) is 31.5. The molecule has 3 heterocycles. The SMILES string of the molecule is CCCCN(CCCN)C(=O)CN1C[C@H](c2cc(CO)c3c(c2)OCO3)[C@@H](C(=O)O)[C@@H]1CCN1CCC(=O)N(C)C1=O. The number of amides is 4. The number of nitrogens with zero attached hydrogens (tertiary/aromatic N) is 4. The predicted molar refractivity (Wildman–Crippen MR) is 152 cm³/mol. The molecule has 13 heteroatoms. The molecule has 0 aliphatic carbocycles. The van der Waals surface area contributed by atoms with Gasteiger partial charge in [0.1, 0.15) is 0 Å². The van der Waals surface area contributed by atoms with E-state index in [1.54, 1.807) is 21.9 Å². The Balaban J connectivity index is 1.63. The number of ether oxygens (including phenoxy) is 2. The summed E-state index contributed by atoms with van der Waals surface area (Å²) in [4.78, 5) is 57.5. The maximum absolute atomic E-state index is 13.6. The molecule has 0 radical (unpaired) electrons. The number of urea groups is 1. The molecule has 42 heavy (non-hydrogen) atoms. The molecule has 4 N–H and O–H groups in total. The van der Waals surface area contributed by atoms with Crippen LogP contribution in [0.2, 0.25) is 0 Å². The molecule has 1 aromatic rings. The van der Waals surface area contributed by atoms with E-state index in [1.165, 1.54) is 7.05 Å². The summed E-state index contributed by atoms with van der Waals surface area (Å²) in [5.41, 5.74) is 6.91. The van der Waals surface area contributed by atoms with Crippen LogP contribution in [0.15, 0.2) is 12.1 Å². The normalized spacial score (nSPS) is 22.2. The van der Waals surface area contributed by atoms with Gasteiger partial charge in [0, 0.05) is 63.7 Å². The molecular weight excluding hydrogens is 546 g/mol. The standard InChI is InChI=1S/C29H43N5O8/c1-3-4-9-32(10-5-8-30)25(37)16-34-15-21(19-13-20(17-35)27-23(14-19)41-18-42-27)26(28(38)39)22(34)6-11-33-12-7-24(36)31(2)29(33)40/h13-14,21-22,26,35H,3-12,15-18,30H2,1-2H3,(H,38,39)/t21-,22+,26-/m1/s1. The molecular formula is C29H43N5O8. The summed E-state index contributed by atoms with van der Waals surface area (Å²) in [5, 5.41) is 20.5. The third-order valence-corrected chi connectivity index (χ3v) is 8.53. The van der Waals surface area contributed by atoms with Crippen LogP contribution in [0.5, 0.6) is 11.5 Å².